The first-order chi connectivity index (χ1) is 3.79. The first-order valence-corrected chi connectivity index (χ1v) is 2.91. The minimum atomic E-state index is -0.240. The highest BCUT2D eigenvalue weighted by Crippen LogP contribution is 2.08. The Bertz CT molecular complexity index is 168. The van der Waals surface area contributed by atoms with Crippen molar-refractivity contribution in [2.24, 2.45) is 0 Å². The molecule has 0 bridgehead atoms. The minimum Gasteiger partial charge on any atom is -0.207 e. The summed E-state index contributed by atoms with van der Waals surface area (Å²) in [5.74, 6) is -0.240. The van der Waals surface area contributed by atoms with Gasteiger partial charge in [-0.05, 0) is 18.2 Å². The lowest BCUT2D eigenvalue weighted by Crippen LogP contribution is -1.69. The second kappa shape index (κ2) is 2.27. The van der Waals surface area contributed by atoms with Gasteiger partial charge in [-0.3, -0.25) is 0 Å². The average Bonchev–Trinajstić information content (AvgIpc) is 1.64. The van der Waals surface area contributed by atoms with Gasteiger partial charge < -0.3 is 0 Å². The maximum absolute atomic E-state index is 12.1. The van der Waals surface area contributed by atoms with Crippen molar-refractivity contribution in [3.63, 3.8) is 0 Å². The Morgan fingerprint density at radius 1 is 1.62 bits per heavy atom. The van der Waals surface area contributed by atoms with E-state index >= 15 is 0 Å². The first-order valence-electron chi connectivity index (χ1n) is 2.12. The van der Waals surface area contributed by atoms with Crippen molar-refractivity contribution in [3.05, 3.63) is 34.6 Å². The van der Waals surface area contributed by atoms with E-state index < -0.39 is 0 Å². The van der Waals surface area contributed by atoms with Gasteiger partial charge in [-0.15, -0.1) is 0 Å². The number of hydrogen-bond acceptors (Lipinski definition) is 0. The summed E-state index contributed by atoms with van der Waals surface area (Å²) in [6.45, 7) is 0. The van der Waals surface area contributed by atoms with E-state index in [0.29, 0.717) is 4.47 Å². The van der Waals surface area contributed by atoms with E-state index in [9.17, 15) is 4.39 Å². The van der Waals surface area contributed by atoms with Gasteiger partial charge >= 0.3 is 0 Å². The third-order valence-corrected chi connectivity index (χ3v) is 1.19. The Labute approximate surface area is 55.5 Å². The molecule has 0 nitrogen and oxygen atoms in total. The molecule has 2 heteroatoms. The zero-order chi connectivity index (χ0) is 5.98. The molecule has 0 fully saturated rings. The molecule has 0 amide bonds. The van der Waals surface area contributed by atoms with Crippen molar-refractivity contribution >= 4 is 15.9 Å². The molecule has 0 saturated heterocycles. The van der Waals surface area contributed by atoms with Gasteiger partial charge in [0.05, 0.1) is 0 Å². The Hall–Kier alpha value is -0.370. The fourth-order valence-corrected chi connectivity index (χ4v) is 0.763. The molecule has 0 N–H and O–H groups in total. The Morgan fingerprint density at radius 2 is 2.38 bits per heavy atom. The summed E-state index contributed by atoms with van der Waals surface area (Å²) in [6.07, 6.45) is 0. The van der Waals surface area contributed by atoms with Gasteiger partial charge in [0.25, 0.3) is 0 Å². The summed E-state index contributed by atoms with van der Waals surface area (Å²) < 4.78 is 12.8. The van der Waals surface area contributed by atoms with E-state index in [4.69, 9.17) is 0 Å². The maximum Gasteiger partial charge on any atom is 0.124 e. The fraction of sp³-hybridized carbons (Fsp3) is 0. The van der Waals surface area contributed by atoms with Crippen molar-refractivity contribution in [1.29, 1.82) is 0 Å². The van der Waals surface area contributed by atoms with Crippen molar-refractivity contribution in [2.75, 3.05) is 0 Å². The summed E-state index contributed by atoms with van der Waals surface area (Å²) in [5.41, 5.74) is 0. The smallest absolute Gasteiger partial charge is 0.124 e. The van der Waals surface area contributed by atoms with Crippen LogP contribution in [0.3, 0.4) is 0 Å². The molecule has 0 aromatic heterocycles. The molecule has 1 aromatic carbocycles. The Balaban J connectivity index is 3.08. The molecule has 0 spiro atoms. The predicted octanol–water partition coefficient (Wildman–Crippen LogP) is 2.39. The molecule has 41 valence electrons. The average molecular weight is 174 g/mol. The summed E-state index contributed by atoms with van der Waals surface area (Å²) in [6, 6.07) is 6.99. The minimum absolute atomic E-state index is 0.240. The molecule has 0 aliphatic heterocycles. The van der Waals surface area contributed by atoms with E-state index in [0.717, 1.165) is 0 Å². The van der Waals surface area contributed by atoms with Crippen LogP contribution in [-0.4, -0.2) is 0 Å². The fourth-order valence-electron chi connectivity index (χ4n) is 0.412. The molecular formula is C6H3BrF. The molecule has 0 heterocycles. The molecule has 0 atom stereocenters. The predicted molar refractivity (Wildman–Crippen MR) is 32.9 cm³/mol. The van der Waals surface area contributed by atoms with Crippen molar-refractivity contribution in [1.82, 2.24) is 0 Å². The number of hydrogen-bond donors (Lipinski definition) is 0. The molecule has 0 aliphatic carbocycles. The van der Waals surface area contributed by atoms with Gasteiger partial charge in [-0.1, -0.05) is 22.0 Å². The number of halogens is 2. The van der Waals surface area contributed by atoms with Gasteiger partial charge in [0.2, 0.25) is 0 Å². The zero-order valence-electron chi connectivity index (χ0n) is 3.99. The van der Waals surface area contributed by atoms with Crippen LogP contribution in [0.1, 0.15) is 0 Å². The van der Waals surface area contributed by atoms with Gasteiger partial charge in [-0.2, -0.15) is 0 Å². The van der Waals surface area contributed by atoms with E-state index in [2.05, 4.69) is 22.0 Å². The third kappa shape index (κ3) is 1.30. The lowest BCUT2D eigenvalue weighted by Gasteiger charge is -1.84. The lowest BCUT2D eigenvalue weighted by atomic mass is 10.4. The highest BCUT2D eigenvalue weighted by atomic mass is 79.9. The van der Waals surface area contributed by atoms with Gasteiger partial charge in [0.1, 0.15) is 5.82 Å². The quantitative estimate of drug-likeness (QED) is 0.566. The van der Waals surface area contributed by atoms with Crippen molar-refractivity contribution in [2.45, 2.75) is 0 Å². The highest BCUT2D eigenvalue weighted by molar-refractivity contribution is 9.10. The molecule has 8 heavy (non-hydrogen) atoms. The van der Waals surface area contributed by atoms with Crippen LogP contribution in [0.15, 0.2) is 22.7 Å². The first kappa shape index (κ1) is 5.76. The van der Waals surface area contributed by atoms with Crippen LogP contribution in [0, 0.1) is 11.9 Å². The van der Waals surface area contributed by atoms with Crippen LogP contribution < -0.4 is 0 Å². The second-order valence-corrected chi connectivity index (χ2v) is 2.21. The maximum atomic E-state index is 12.1. The zero-order valence-corrected chi connectivity index (χ0v) is 5.57. The highest BCUT2D eigenvalue weighted by Gasteiger charge is 1.86. The van der Waals surface area contributed by atoms with Crippen LogP contribution in [0.25, 0.3) is 0 Å². The van der Waals surface area contributed by atoms with Crippen LogP contribution in [-0.2, 0) is 0 Å². The van der Waals surface area contributed by atoms with Crippen molar-refractivity contribution < 1.29 is 4.39 Å². The number of benzene rings is 1. The summed E-state index contributed by atoms with van der Waals surface area (Å²) >= 11 is 3.07. The van der Waals surface area contributed by atoms with E-state index in [1.54, 1.807) is 0 Å². The van der Waals surface area contributed by atoms with Gasteiger partial charge in [0, 0.05) is 4.47 Å². The number of rotatable bonds is 0. The third-order valence-electron chi connectivity index (χ3n) is 0.728. The largest absolute Gasteiger partial charge is 0.207 e. The standard InChI is InChI=1S/C6H3BrF/c7-5-2-1-3-6(8)4-5/h1,3-4H. The van der Waals surface area contributed by atoms with E-state index in [1.165, 1.54) is 18.2 Å². The summed E-state index contributed by atoms with van der Waals surface area (Å²) in [5, 5.41) is 0. The molecule has 1 radical (unpaired) electrons. The molecule has 0 saturated carbocycles. The normalized spacial score (nSPS) is 9.25. The second-order valence-electron chi connectivity index (χ2n) is 1.35. The van der Waals surface area contributed by atoms with Crippen LogP contribution in [0.4, 0.5) is 4.39 Å². The Kier molecular flexibility index (Phi) is 1.63. The van der Waals surface area contributed by atoms with Crippen LogP contribution in [0.5, 0.6) is 0 Å². The van der Waals surface area contributed by atoms with E-state index in [1.807, 2.05) is 0 Å². The molecule has 0 aliphatic rings. The van der Waals surface area contributed by atoms with Crippen LogP contribution in [0.2, 0.25) is 0 Å². The molecule has 1 aromatic rings. The van der Waals surface area contributed by atoms with E-state index in [-0.39, 0.29) is 5.82 Å². The van der Waals surface area contributed by atoms with Crippen molar-refractivity contribution in [3.8, 4) is 0 Å². The molecule has 1 rings (SSSR count). The van der Waals surface area contributed by atoms with Gasteiger partial charge in [0.15, 0.2) is 0 Å². The monoisotopic (exact) mass is 173 g/mol. The summed E-state index contributed by atoms with van der Waals surface area (Å²) in [4.78, 5) is 0. The lowest BCUT2D eigenvalue weighted by molar-refractivity contribution is 0.627. The summed E-state index contributed by atoms with van der Waals surface area (Å²) in [7, 11) is 0. The molecular weight excluding hydrogens is 171 g/mol. The SMILES string of the molecule is Fc1cc[c]c(Br)c1. The van der Waals surface area contributed by atoms with Crippen LogP contribution >= 0.6 is 15.9 Å². The molecule has 0 unspecified atom stereocenters. The topological polar surface area (TPSA) is 0 Å². The Morgan fingerprint density at radius 3 is 2.75 bits per heavy atom. The van der Waals surface area contributed by atoms with Gasteiger partial charge in [-0.25, -0.2) is 4.39 Å².